The molecule has 5 nitrogen and oxygen atoms in total. The number of carbonyl (C=O) groups is 1. The van der Waals surface area contributed by atoms with Gasteiger partial charge in [-0.1, -0.05) is 0 Å². The van der Waals surface area contributed by atoms with Gasteiger partial charge in [0, 0.05) is 10.9 Å². The molecule has 5 heteroatoms. The summed E-state index contributed by atoms with van der Waals surface area (Å²) < 4.78 is 10.6. The van der Waals surface area contributed by atoms with E-state index in [0.717, 1.165) is 28.2 Å². The van der Waals surface area contributed by atoms with Crippen molar-refractivity contribution in [1.29, 1.82) is 0 Å². The first-order chi connectivity index (χ1) is 10.2. The first-order valence-electron chi connectivity index (χ1n) is 6.66. The molecule has 0 bridgehead atoms. The Hall–Kier alpha value is -2.69. The van der Waals surface area contributed by atoms with Crippen LogP contribution in [0.5, 0.6) is 5.75 Å². The lowest BCUT2D eigenvalue weighted by molar-refractivity contribution is 0.0943. The lowest BCUT2D eigenvalue weighted by Gasteiger charge is -2.00. The van der Waals surface area contributed by atoms with E-state index in [1.54, 1.807) is 13.2 Å². The van der Waals surface area contributed by atoms with Crippen molar-refractivity contribution in [3.05, 3.63) is 53.6 Å². The summed E-state index contributed by atoms with van der Waals surface area (Å²) in [4.78, 5) is 15.2. The Morgan fingerprint density at radius 3 is 2.86 bits per heavy atom. The molecule has 0 aliphatic heterocycles. The zero-order valence-electron chi connectivity index (χ0n) is 11.9. The molecule has 0 radical (unpaired) electrons. The third-order valence-electron chi connectivity index (χ3n) is 3.29. The number of hydrogen-bond donors (Lipinski definition) is 2. The van der Waals surface area contributed by atoms with Crippen molar-refractivity contribution in [2.24, 2.45) is 0 Å². The highest BCUT2D eigenvalue weighted by molar-refractivity contribution is 5.98. The fourth-order valence-electron chi connectivity index (χ4n) is 2.20. The molecule has 0 unspecified atom stereocenters. The molecule has 1 amide bonds. The summed E-state index contributed by atoms with van der Waals surface area (Å²) in [6.45, 7) is 2.24. The molecule has 21 heavy (non-hydrogen) atoms. The number of hydrogen-bond acceptors (Lipinski definition) is 3. The van der Waals surface area contributed by atoms with E-state index >= 15 is 0 Å². The molecular formula is C16H16N2O3. The van der Waals surface area contributed by atoms with Gasteiger partial charge in [0.05, 0.1) is 13.7 Å². The van der Waals surface area contributed by atoms with E-state index in [1.165, 1.54) is 0 Å². The molecule has 0 saturated heterocycles. The third-order valence-corrected chi connectivity index (χ3v) is 3.29. The van der Waals surface area contributed by atoms with Crippen LogP contribution in [0.2, 0.25) is 0 Å². The SMILES string of the molecule is COc1ccc2[nH]c(C(=O)NCc3ccc(C)o3)cc2c1. The number of ether oxygens (including phenoxy) is 1. The number of aromatic nitrogens is 1. The van der Waals surface area contributed by atoms with E-state index in [9.17, 15) is 4.79 Å². The molecule has 0 spiro atoms. The molecule has 3 rings (SSSR count). The van der Waals surface area contributed by atoms with Crippen LogP contribution in [0.4, 0.5) is 0 Å². The lowest BCUT2D eigenvalue weighted by Crippen LogP contribution is -2.22. The standard InChI is InChI=1S/C16H16N2O3/c1-10-3-4-13(21-10)9-17-16(19)15-8-11-7-12(20-2)5-6-14(11)18-15/h3-8,18H,9H2,1-2H3,(H,17,19). The van der Waals surface area contributed by atoms with Gasteiger partial charge in [-0.05, 0) is 43.3 Å². The number of rotatable bonds is 4. The van der Waals surface area contributed by atoms with Crippen LogP contribution in [0.15, 0.2) is 40.8 Å². The maximum absolute atomic E-state index is 12.1. The van der Waals surface area contributed by atoms with E-state index in [2.05, 4.69) is 10.3 Å². The van der Waals surface area contributed by atoms with Crippen LogP contribution in [-0.4, -0.2) is 18.0 Å². The number of H-pyrrole nitrogens is 1. The van der Waals surface area contributed by atoms with Gasteiger partial charge in [-0.2, -0.15) is 0 Å². The van der Waals surface area contributed by atoms with Crippen LogP contribution in [0, 0.1) is 6.92 Å². The van der Waals surface area contributed by atoms with Crippen molar-refractivity contribution < 1.29 is 13.9 Å². The number of methoxy groups -OCH3 is 1. The van der Waals surface area contributed by atoms with E-state index < -0.39 is 0 Å². The average Bonchev–Trinajstić information content (AvgIpc) is 3.09. The summed E-state index contributed by atoms with van der Waals surface area (Å²) >= 11 is 0. The lowest BCUT2D eigenvalue weighted by atomic mass is 10.2. The number of furan rings is 1. The highest BCUT2D eigenvalue weighted by atomic mass is 16.5. The van der Waals surface area contributed by atoms with E-state index in [-0.39, 0.29) is 5.91 Å². The number of carbonyl (C=O) groups excluding carboxylic acids is 1. The second-order valence-electron chi connectivity index (χ2n) is 4.83. The molecule has 2 heterocycles. The van der Waals surface area contributed by atoms with Crippen LogP contribution in [0.3, 0.4) is 0 Å². The van der Waals surface area contributed by atoms with Crippen molar-refractivity contribution in [3.63, 3.8) is 0 Å². The number of amides is 1. The van der Waals surface area contributed by atoms with Gasteiger partial charge in [-0.3, -0.25) is 4.79 Å². The van der Waals surface area contributed by atoms with Gasteiger partial charge in [-0.15, -0.1) is 0 Å². The second-order valence-corrected chi connectivity index (χ2v) is 4.83. The van der Waals surface area contributed by atoms with Crippen LogP contribution >= 0.6 is 0 Å². The van der Waals surface area contributed by atoms with Crippen LogP contribution in [0.1, 0.15) is 22.0 Å². The van der Waals surface area contributed by atoms with Crippen molar-refractivity contribution in [2.45, 2.75) is 13.5 Å². The zero-order chi connectivity index (χ0) is 14.8. The number of aryl methyl sites for hydroxylation is 1. The Kier molecular flexibility index (Phi) is 3.39. The largest absolute Gasteiger partial charge is 0.497 e. The Labute approximate surface area is 121 Å². The highest BCUT2D eigenvalue weighted by Gasteiger charge is 2.10. The highest BCUT2D eigenvalue weighted by Crippen LogP contribution is 2.21. The second kappa shape index (κ2) is 5.36. The van der Waals surface area contributed by atoms with Gasteiger partial charge in [0.1, 0.15) is 23.0 Å². The van der Waals surface area contributed by atoms with E-state index in [0.29, 0.717) is 12.2 Å². The number of nitrogens with one attached hydrogen (secondary N) is 2. The van der Waals surface area contributed by atoms with Crippen LogP contribution < -0.4 is 10.1 Å². The molecule has 0 aliphatic carbocycles. The molecule has 3 aromatic rings. The zero-order valence-corrected chi connectivity index (χ0v) is 11.9. The Morgan fingerprint density at radius 1 is 1.29 bits per heavy atom. The van der Waals surface area contributed by atoms with Crippen molar-refractivity contribution in [1.82, 2.24) is 10.3 Å². The molecule has 2 N–H and O–H groups in total. The van der Waals surface area contributed by atoms with Gasteiger partial charge < -0.3 is 19.5 Å². The number of fused-ring (bicyclic) bond motifs is 1. The van der Waals surface area contributed by atoms with Crippen molar-refractivity contribution in [3.8, 4) is 5.75 Å². The van der Waals surface area contributed by atoms with Crippen molar-refractivity contribution >= 4 is 16.8 Å². The van der Waals surface area contributed by atoms with Crippen molar-refractivity contribution in [2.75, 3.05) is 7.11 Å². The summed E-state index contributed by atoms with van der Waals surface area (Å²) in [6, 6.07) is 11.2. The number of aromatic amines is 1. The maximum Gasteiger partial charge on any atom is 0.268 e. The molecule has 2 aromatic heterocycles. The van der Waals surface area contributed by atoms with Crippen LogP contribution in [-0.2, 0) is 6.54 Å². The predicted octanol–water partition coefficient (Wildman–Crippen LogP) is 3.01. The minimum absolute atomic E-state index is 0.167. The monoisotopic (exact) mass is 284 g/mol. The van der Waals surface area contributed by atoms with Gasteiger partial charge in [0.2, 0.25) is 0 Å². The Bertz CT molecular complexity index is 786. The van der Waals surface area contributed by atoms with E-state index in [1.807, 2.05) is 37.3 Å². The fraction of sp³-hybridized carbons (Fsp3) is 0.188. The fourth-order valence-corrected chi connectivity index (χ4v) is 2.20. The summed E-state index contributed by atoms with van der Waals surface area (Å²) in [5, 5.41) is 3.76. The summed E-state index contributed by atoms with van der Waals surface area (Å²) in [6.07, 6.45) is 0. The normalized spacial score (nSPS) is 10.8. The quantitative estimate of drug-likeness (QED) is 0.774. The smallest absolute Gasteiger partial charge is 0.268 e. The van der Waals surface area contributed by atoms with Gasteiger partial charge >= 0.3 is 0 Å². The molecule has 0 aliphatic rings. The summed E-state index contributed by atoms with van der Waals surface area (Å²) in [5.74, 6) is 2.16. The third kappa shape index (κ3) is 2.76. The van der Waals surface area contributed by atoms with Gasteiger partial charge in [0.25, 0.3) is 5.91 Å². The molecule has 0 fully saturated rings. The molecule has 0 atom stereocenters. The topological polar surface area (TPSA) is 67.3 Å². The molecular weight excluding hydrogens is 268 g/mol. The Balaban J connectivity index is 1.75. The number of benzene rings is 1. The van der Waals surface area contributed by atoms with Crippen LogP contribution in [0.25, 0.3) is 10.9 Å². The summed E-state index contributed by atoms with van der Waals surface area (Å²) in [7, 11) is 1.62. The Morgan fingerprint density at radius 2 is 2.14 bits per heavy atom. The average molecular weight is 284 g/mol. The molecule has 1 aromatic carbocycles. The van der Waals surface area contributed by atoms with Gasteiger partial charge in [-0.25, -0.2) is 0 Å². The first kappa shape index (κ1) is 13.3. The van der Waals surface area contributed by atoms with E-state index in [4.69, 9.17) is 9.15 Å². The predicted molar refractivity (Wildman–Crippen MR) is 79.5 cm³/mol. The first-order valence-corrected chi connectivity index (χ1v) is 6.66. The molecule has 0 saturated carbocycles. The summed E-state index contributed by atoms with van der Waals surface area (Å²) in [5.41, 5.74) is 1.41. The minimum atomic E-state index is -0.167. The van der Waals surface area contributed by atoms with Gasteiger partial charge in [0.15, 0.2) is 0 Å². The molecule has 108 valence electrons. The minimum Gasteiger partial charge on any atom is -0.497 e. The maximum atomic E-state index is 12.1.